The Balaban J connectivity index is 1.34. The van der Waals surface area contributed by atoms with E-state index in [0.717, 1.165) is 33.5 Å². The average Bonchev–Trinajstić information content (AvgIpc) is 3.63. The molecule has 8 aromatic carbocycles. The summed E-state index contributed by atoms with van der Waals surface area (Å²) >= 11 is 0. The van der Waals surface area contributed by atoms with Crippen LogP contribution in [-0.4, -0.2) is 9.13 Å². The average molecular weight is 586 g/mol. The predicted molar refractivity (Wildman–Crippen MR) is 196 cm³/mol. The molecular weight excluding hydrogens is 556 g/mol. The number of hydrogen-bond acceptors (Lipinski definition) is 0. The van der Waals surface area contributed by atoms with Crippen LogP contribution >= 0.6 is 0 Å². The Labute approximate surface area is 267 Å². The van der Waals surface area contributed by atoms with E-state index in [4.69, 9.17) is 0 Å². The molecule has 0 bridgehead atoms. The molecule has 46 heavy (non-hydrogen) atoms. The second kappa shape index (κ2) is 9.69. The number of nitrogens with zero attached hydrogens (tertiary/aromatic N) is 2. The first kappa shape index (κ1) is 24.2. The van der Waals surface area contributed by atoms with Crippen LogP contribution in [0.2, 0.25) is 0 Å². The van der Waals surface area contributed by atoms with Crippen LogP contribution in [-0.2, 0) is 0 Å². The predicted octanol–water partition coefficient (Wildman–Crippen LogP) is 11.9. The van der Waals surface area contributed by atoms with Crippen molar-refractivity contribution < 1.29 is 1.37 Å². The molecule has 10 aromatic rings. The quantitative estimate of drug-likeness (QED) is 0.195. The molecule has 0 saturated carbocycles. The minimum atomic E-state index is 0.492. The summed E-state index contributed by atoms with van der Waals surface area (Å²) in [4.78, 5) is 0. The number of benzene rings is 8. The van der Waals surface area contributed by atoms with Gasteiger partial charge in [-0.05, 0) is 81.2 Å². The fraction of sp³-hybridized carbons (Fsp3) is 0. The van der Waals surface area contributed by atoms with Crippen molar-refractivity contribution in [2.75, 3.05) is 0 Å². The Kier molecular flexibility index (Phi) is 5.10. The molecular formula is C44H28N2. The number of hydrogen-bond donors (Lipinski definition) is 0. The first-order valence-corrected chi connectivity index (χ1v) is 15.8. The molecule has 0 N–H and O–H groups in total. The second-order valence-corrected chi connectivity index (χ2v) is 12.1. The van der Waals surface area contributed by atoms with E-state index >= 15 is 0 Å². The highest BCUT2D eigenvalue weighted by molar-refractivity contribution is 6.25. The van der Waals surface area contributed by atoms with E-state index in [9.17, 15) is 1.37 Å². The van der Waals surface area contributed by atoms with E-state index in [1.54, 1.807) is 0 Å². The van der Waals surface area contributed by atoms with Crippen LogP contribution in [0, 0.1) is 0 Å². The topological polar surface area (TPSA) is 9.86 Å². The summed E-state index contributed by atoms with van der Waals surface area (Å²) in [5.74, 6) is 0. The lowest BCUT2D eigenvalue weighted by atomic mass is 9.98. The lowest BCUT2D eigenvalue weighted by Gasteiger charge is -2.12. The SMILES string of the molecule is [2H]c1ccc(-c2cccc3ccccc23)cc1-n1c2ccccc2c2cc3c4c5ccccc5ccc4n(-c4ccccc4)c3cc21. The van der Waals surface area contributed by atoms with Crippen molar-refractivity contribution in [3.63, 3.8) is 0 Å². The summed E-state index contributed by atoms with van der Waals surface area (Å²) in [6, 6.07) is 58.9. The Bertz CT molecular complexity index is 2850. The Morgan fingerprint density at radius 1 is 0.370 bits per heavy atom. The van der Waals surface area contributed by atoms with Gasteiger partial charge in [-0.2, -0.15) is 0 Å². The van der Waals surface area contributed by atoms with Gasteiger partial charge in [0, 0.05) is 32.9 Å². The van der Waals surface area contributed by atoms with Crippen molar-refractivity contribution in [2.24, 2.45) is 0 Å². The zero-order valence-electron chi connectivity index (χ0n) is 26.0. The van der Waals surface area contributed by atoms with E-state index in [0.29, 0.717) is 6.04 Å². The van der Waals surface area contributed by atoms with Crippen molar-refractivity contribution in [3.8, 4) is 22.5 Å². The standard InChI is InChI=1S/C44H28N2/c1-2-16-32(17-3-1)45-41-25-24-30-13-5-7-20-36(30)44(41)39-27-38-37-21-8-9-23-40(37)46(42(38)28-43(39)45)33-18-10-15-31(26-33)35-22-11-14-29-12-4-6-19-34(29)35/h1-28H/i18D. The first-order chi connectivity index (χ1) is 23.2. The van der Waals surface area contributed by atoms with Crippen LogP contribution in [0.4, 0.5) is 0 Å². The molecule has 2 aromatic heterocycles. The van der Waals surface area contributed by atoms with E-state index in [-0.39, 0.29) is 0 Å². The summed E-state index contributed by atoms with van der Waals surface area (Å²) in [6.45, 7) is 0. The lowest BCUT2D eigenvalue weighted by Crippen LogP contribution is -1.96. The number of aromatic nitrogens is 2. The van der Waals surface area contributed by atoms with Crippen LogP contribution in [0.1, 0.15) is 1.37 Å². The van der Waals surface area contributed by atoms with Crippen molar-refractivity contribution >= 4 is 65.2 Å². The fourth-order valence-electron chi connectivity index (χ4n) is 7.59. The maximum atomic E-state index is 9.21. The van der Waals surface area contributed by atoms with E-state index in [1.165, 1.54) is 54.2 Å². The van der Waals surface area contributed by atoms with Gasteiger partial charge < -0.3 is 9.13 Å². The van der Waals surface area contributed by atoms with Crippen molar-refractivity contribution in [1.82, 2.24) is 9.13 Å². The molecule has 0 unspecified atom stereocenters. The highest BCUT2D eigenvalue weighted by Crippen LogP contribution is 2.42. The molecule has 0 saturated heterocycles. The van der Waals surface area contributed by atoms with Gasteiger partial charge in [0.05, 0.1) is 23.4 Å². The van der Waals surface area contributed by atoms with Gasteiger partial charge in [-0.1, -0.05) is 121 Å². The van der Waals surface area contributed by atoms with Gasteiger partial charge in [0.2, 0.25) is 0 Å². The molecule has 214 valence electrons. The molecule has 0 amide bonds. The minimum absolute atomic E-state index is 0.492. The summed E-state index contributed by atoms with van der Waals surface area (Å²) in [5.41, 5.74) is 8.79. The van der Waals surface area contributed by atoms with Gasteiger partial charge in [-0.25, -0.2) is 0 Å². The molecule has 10 rings (SSSR count). The zero-order chi connectivity index (χ0) is 31.1. The molecule has 2 nitrogen and oxygen atoms in total. The number of fused-ring (bicyclic) bond motifs is 9. The summed E-state index contributed by atoms with van der Waals surface area (Å²) < 4.78 is 13.9. The maximum absolute atomic E-state index is 9.21. The van der Waals surface area contributed by atoms with Gasteiger partial charge in [-0.3, -0.25) is 0 Å². The Morgan fingerprint density at radius 2 is 1.04 bits per heavy atom. The smallest absolute Gasteiger partial charge is 0.0645 e. The molecule has 0 aliphatic rings. The van der Waals surface area contributed by atoms with Crippen LogP contribution < -0.4 is 0 Å². The van der Waals surface area contributed by atoms with Gasteiger partial charge in [0.15, 0.2) is 0 Å². The lowest BCUT2D eigenvalue weighted by molar-refractivity contribution is 1.17. The molecule has 0 fully saturated rings. The zero-order valence-corrected chi connectivity index (χ0v) is 25.0. The van der Waals surface area contributed by atoms with Gasteiger partial charge in [0.25, 0.3) is 0 Å². The first-order valence-electron chi connectivity index (χ1n) is 16.3. The summed E-state index contributed by atoms with van der Waals surface area (Å²) in [7, 11) is 0. The number of para-hydroxylation sites is 2. The van der Waals surface area contributed by atoms with E-state index in [1.807, 2.05) is 6.07 Å². The van der Waals surface area contributed by atoms with E-state index < -0.39 is 0 Å². The van der Waals surface area contributed by atoms with Gasteiger partial charge >= 0.3 is 0 Å². The summed E-state index contributed by atoms with van der Waals surface area (Å²) in [6.07, 6.45) is 0. The molecule has 0 atom stereocenters. The second-order valence-electron chi connectivity index (χ2n) is 12.1. The molecule has 0 aliphatic heterocycles. The van der Waals surface area contributed by atoms with Crippen LogP contribution in [0.25, 0.3) is 87.7 Å². The van der Waals surface area contributed by atoms with E-state index in [2.05, 4.69) is 167 Å². The normalized spacial score (nSPS) is 12.2. The molecule has 0 spiro atoms. The van der Waals surface area contributed by atoms with Crippen molar-refractivity contribution in [3.05, 3.63) is 170 Å². The van der Waals surface area contributed by atoms with Crippen LogP contribution in [0.15, 0.2) is 170 Å². The maximum Gasteiger partial charge on any atom is 0.0645 e. The third-order valence-electron chi connectivity index (χ3n) is 9.59. The largest absolute Gasteiger partial charge is 0.309 e. The molecule has 0 aliphatic carbocycles. The third-order valence-corrected chi connectivity index (χ3v) is 9.59. The third kappa shape index (κ3) is 3.59. The highest BCUT2D eigenvalue weighted by atomic mass is 15.0. The van der Waals surface area contributed by atoms with Crippen LogP contribution in [0.5, 0.6) is 0 Å². The molecule has 2 heterocycles. The monoisotopic (exact) mass is 585 g/mol. The molecule has 0 radical (unpaired) electrons. The van der Waals surface area contributed by atoms with Crippen molar-refractivity contribution in [1.29, 1.82) is 0 Å². The Morgan fingerprint density at radius 3 is 1.91 bits per heavy atom. The van der Waals surface area contributed by atoms with Crippen molar-refractivity contribution in [2.45, 2.75) is 0 Å². The van der Waals surface area contributed by atoms with Gasteiger partial charge in [-0.15, -0.1) is 0 Å². The fourth-order valence-corrected chi connectivity index (χ4v) is 7.59. The Hall–Kier alpha value is -6.12. The van der Waals surface area contributed by atoms with Crippen LogP contribution in [0.3, 0.4) is 0 Å². The molecule has 2 heteroatoms. The highest BCUT2D eigenvalue weighted by Gasteiger charge is 2.20. The summed E-state index contributed by atoms with van der Waals surface area (Å²) in [5, 5.41) is 9.77. The minimum Gasteiger partial charge on any atom is -0.309 e. The van der Waals surface area contributed by atoms with Gasteiger partial charge in [0.1, 0.15) is 0 Å². The number of rotatable bonds is 3.